The highest BCUT2D eigenvalue weighted by atomic mass is 16.5. The Kier molecular flexibility index (Phi) is 4.65. The number of hydrogen-bond donors (Lipinski definition) is 3. The first-order valence-corrected chi connectivity index (χ1v) is 7.78. The summed E-state index contributed by atoms with van der Waals surface area (Å²) in [5.74, 6) is -0.217. The van der Waals surface area contributed by atoms with Crippen LogP contribution in [0.5, 0.6) is 5.75 Å². The molecule has 1 unspecified atom stereocenters. The van der Waals surface area contributed by atoms with Crippen LogP contribution in [0, 0.1) is 0 Å². The normalized spacial score (nSPS) is 11.8. The monoisotopic (exact) mass is 338 g/mol. The second-order valence-corrected chi connectivity index (χ2v) is 5.50. The number of ether oxygens (including phenoxy) is 1. The quantitative estimate of drug-likeness (QED) is 0.665. The third kappa shape index (κ3) is 3.45. The molecule has 1 aromatic heterocycles. The van der Waals surface area contributed by atoms with Crippen molar-refractivity contribution in [1.82, 2.24) is 15.5 Å². The van der Waals surface area contributed by atoms with Gasteiger partial charge in [0, 0.05) is 5.39 Å². The minimum atomic E-state index is -0.743. The molecule has 3 rings (SSSR count). The summed E-state index contributed by atoms with van der Waals surface area (Å²) in [5.41, 5.74) is 1.56. The Morgan fingerprint density at radius 1 is 1.12 bits per heavy atom. The van der Waals surface area contributed by atoms with Gasteiger partial charge in [-0.15, -0.1) is 0 Å². The van der Waals surface area contributed by atoms with E-state index < -0.39 is 11.9 Å². The maximum Gasteiger partial charge on any atom is 0.273 e. The molecule has 0 bridgehead atoms. The molecule has 1 heterocycles. The molecule has 7 heteroatoms. The van der Waals surface area contributed by atoms with Crippen molar-refractivity contribution in [1.29, 1.82) is 0 Å². The number of methoxy groups -OCH3 is 1. The standard InChI is InChI=1S/C18H18N4O3/c1-11(17(23)20-14-9-5-6-10-15(14)25-2)19-18(24)16-12-7-3-4-8-13(12)21-22-16/h3-11H,1-2H3,(H,19,24)(H,20,23)(H,21,22). The highest BCUT2D eigenvalue weighted by Gasteiger charge is 2.20. The lowest BCUT2D eigenvalue weighted by Crippen LogP contribution is -2.41. The molecule has 1 atom stereocenters. The summed E-state index contributed by atoms with van der Waals surface area (Å²) in [4.78, 5) is 24.8. The number of carbonyl (C=O) groups excluding carboxylic acids is 2. The molecule has 2 aromatic carbocycles. The number of amides is 2. The number of fused-ring (bicyclic) bond motifs is 1. The molecule has 0 aliphatic rings. The summed E-state index contributed by atoms with van der Waals surface area (Å²) in [6.45, 7) is 1.61. The number of carbonyl (C=O) groups is 2. The third-order valence-electron chi connectivity index (χ3n) is 3.79. The Hall–Kier alpha value is -3.35. The van der Waals surface area contributed by atoms with Gasteiger partial charge in [-0.25, -0.2) is 0 Å². The molecule has 25 heavy (non-hydrogen) atoms. The van der Waals surface area contributed by atoms with E-state index in [1.807, 2.05) is 24.3 Å². The van der Waals surface area contributed by atoms with Crippen molar-refractivity contribution < 1.29 is 14.3 Å². The van der Waals surface area contributed by atoms with Crippen molar-refractivity contribution in [2.75, 3.05) is 12.4 Å². The van der Waals surface area contributed by atoms with Crippen LogP contribution >= 0.6 is 0 Å². The Labute approximate surface area is 144 Å². The average Bonchev–Trinajstić information content (AvgIpc) is 3.06. The fraction of sp³-hybridized carbons (Fsp3) is 0.167. The lowest BCUT2D eigenvalue weighted by Gasteiger charge is -2.15. The Bertz CT molecular complexity index is 919. The van der Waals surface area contributed by atoms with Crippen molar-refractivity contribution >= 4 is 28.4 Å². The smallest absolute Gasteiger partial charge is 0.273 e. The van der Waals surface area contributed by atoms with E-state index in [9.17, 15) is 9.59 Å². The Balaban J connectivity index is 1.70. The number of aromatic nitrogens is 2. The highest BCUT2D eigenvalue weighted by molar-refractivity contribution is 6.07. The second-order valence-electron chi connectivity index (χ2n) is 5.50. The van der Waals surface area contributed by atoms with Crippen LogP contribution in [0.3, 0.4) is 0 Å². The zero-order valence-corrected chi connectivity index (χ0v) is 13.9. The van der Waals surface area contributed by atoms with Gasteiger partial charge in [-0.05, 0) is 25.1 Å². The van der Waals surface area contributed by atoms with Gasteiger partial charge in [-0.1, -0.05) is 30.3 Å². The molecule has 128 valence electrons. The molecular formula is C18H18N4O3. The molecular weight excluding hydrogens is 320 g/mol. The first-order valence-electron chi connectivity index (χ1n) is 7.78. The summed E-state index contributed by atoms with van der Waals surface area (Å²) >= 11 is 0. The molecule has 3 aromatic rings. The fourth-order valence-corrected chi connectivity index (χ4v) is 2.46. The molecule has 0 saturated carbocycles. The summed E-state index contributed by atoms with van der Waals surface area (Å²) < 4.78 is 5.20. The number of benzene rings is 2. The van der Waals surface area contributed by atoms with Crippen LogP contribution in [-0.4, -0.2) is 35.2 Å². The van der Waals surface area contributed by atoms with E-state index in [1.165, 1.54) is 7.11 Å². The van der Waals surface area contributed by atoms with Crippen LogP contribution in [-0.2, 0) is 4.79 Å². The lowest BCUT2D eigenvalue weighted by atomic mass is 10.2. The van der Waals surface area contributed by atoms with Crippen LogP contribution in [0.4, 0.5) is 5.69 Å². The van der Waals surface area contributed by atoms with Gasteiger partial charge in [0.05, 0.1) is 18.3 Å². The third-order valence-corrected chi connectivity index (χ3v) is 3.79. The lowest BCUT2D eigenvalue weighted by molar-refractivity contribution is -0.117. The van der Waals surface area contributed by atoms with Gasteiger partial charge in [-0.3, -0.25) is 14.7 Å². The van der Waals surface area contributed by atoms with Crippen molar-refractivity contribution in [3.63, 3.8) is 0 Å². The second kappa shape index (κ2) is 7.04. The topological polar surface area (TPSA) is 96.1 Å². The highest BCUT2D eigenvalue weighted by Crippen LogP contribution is 2.23. The van der Waals surface area contributed by atoms with Crippen molar-refractivity contribution in [3.05, 3.63) is 54.2 Å². The maximum absolute atomic E-state index is 12.4. The van der Waals surface area contributed by atoms with E-state index in [4.69, 9.17) is 4.74 Å². The summed E-state index contributed by atoms with van der Waals surface area (Å²) in [7, 11) is 1.53. The number of nitrogens with zero attached hydrogens (tertiary/aromatic N) is 1. The van der Waals surface area contributed by atoms with Gasteiger partial charge in [0.2, 0.25) is 5.91 Å². The number of H-pyrrole nitrogens is 1. The SMILES string of the molecule is COc1ccccc1NC(=O)C(C)NC(=O)c1n[nH]c2ccccc12. The number of hydrogen-bond acceptors (Lipinski definition) is 4. The van der Waals surface area contributed by atoms with E-state index in [-0.39, 0.29) is 11.6 Å². The number of para-hydroxylation sites is 3. The van der Waals surface area contributed by atoms with Crippen molar-refractivity contribution in [3.8, 4) is 5.75 Å². The van der Waals surface area contributed by atoms with Crippen LogP contribution in [0.25, 0.3) is 10.9 Å². The summed E-state index contributed by atoms with van der Waals surface area (Å²) in [5, 5.41) is 12.9. The number of rotatable bonds is 5. The maximum atomic E-state index is 12.4. The predicted molar refractivity (Wildman–Crippen MR) is 94.6 cm³/mol. The van der Waals surface area contributed by atoms with E-state index in [0.717, 1.165) is 5.52 Å². The van der Waals surface area contributed by atoms with Gasteiger partial charge in [0.25, 0.3) is 5.91 Å². The van der Waals surface area contributed by atoms with Crippen LogP contribution < -0.4 is 15.4 Å². The molecule has 2 amide bonds. The van der Waals surface area contributed by atoms with Gasteiger partial charge in [0.15, 0.2) is 5.69 Å². The molecule has 0 radical (unpaired) electrons. The van der Waals surface area contributed by atoms with Gasteiger partial charge >= 0.3 is 0 Å². The first kappa shape index (κ1) is 16.5. The Morgan fingerprint density at radius 2 is 1.84 bits per heavy atom. The molecule has 0 fully saturated rings. The van der Waals surface area contributed by atoms with Crippen molar-refractivity contribution in [2.24, 2.45) is 0 Å². The minimum Gasteiger partial charge on any atom is -0.495 e. The Morgan fingerprint density at radius 3 is 2.64 bits per heavy atom. The summed E-state index contributed by atoms with van der Waals surface area (Å²) in [6, 6.07) is 13.6. The van der Waals surface area contributed by atoms with Crippen molar-refractivity contribution in [2.45, 2.75) is 13.0 Å². The predicted octanol–water partition coefficient (Wildman–Crippen LogP) is 2.33. The molecule has 7 nitrogen and oxygen atoms in total. The molecule has 3 N–H and O–H groups in total. The molecule has 0 saturated heterocycles. The van der Waals surface area contributed by atoms with Gasteiger partial charge in [0.1, 0.15) is 11.8 Å². The zero-order valence-electron chi connectivity index (χ0n) is 13.9. The molecule has 0 aliphatic carbocycles. The number of anilines is 1. The number of aromatic amines is 1. The van der Waals surface area contributed by atoms with E-state index in [1.54, 1.807) is 31.2 Å². The van der Waals surface area contributed by atoms with E-state index in [2.05, 4.69) is 20.8 Å². The first-order chi connectivity index (χ1) is 12.1. The zero-order chi connectivity index (χ0) is 17.8. The number of nitrogens with one attached hydrogen (secondary N) is 3. The largest absolute Gasteiger partial charge is 0.495 e. The van der Waals surface area contributed by atoms with Crippen LogP contribution in [0.1, 0.15) is 17.4 Å². The fourth-order valence-electron chi connectivity index (χ4n) is 2.46. The molecule has 0 aliphatic heterocycles. The summed E-state index contributed by atoms with van der Waals surface area (Å²) in [6.07, 6.45) is 0. The average molecular weight is 338 g/mol. The van der Waals surface area contributed by atoms with Crippen LogP contribution in [0.15, 0.2) is 48.5 Å². The van der Waals surface area contributed by atoms with Gasteiger partial charge < -0.3 is 15.4 Å². The molecule has 0 spiro atoms. The minimum absolute atomic E-state index is 0.257. The van der Waals surface area contributed by atoms with Gasteiger partial charge in [-0.2, -0.15) is 5.10 Å². The van der Waals surface area contributed by atoms with Crippen LogP contribution in [0.2, 0.25) is 0 Å². The van der Waals surface area contributed by atoms with E-state index in [0.29, 0.717) is 16.8 Å². The van der Waals surface area contributed by atoms with E-state index >= 15 is 0 Å².